The molecule has 2 aromatic carbocycles. The molecule has 0 saturated carbocycles. The number of amides is 1. The maximum absolute atomic E-state index is 12.0. The summed E-state index contributed by atoms with van der Waals surface area (Å²) in [5, 5.41) is 2.92. The minimum Gasteiger partial charge on any atom is -0.494 e. The van der Waals surface area contributed by atoms with E-state index in [0.29, 0.717) is 19.4 Å². The Balaban J connectivity index is 1.92. The molecule has 0 aliphatic heterocycles. The second kappa shape index (κ2) is 7.48. The molecular weight excluding hydrogens is 262 g/mol. The third kappa shape index (κ3) is 4.63. The predicted octanol–water partition coefficient (Wildman–Crippen LogP) is 3.97. The standard InChI is InChI=1S/C18H21NO2/c1-3-21-17-10-5-4-8-15(17)11-12-18(20)19-16-9-6-7-14(2)13-16/h4-10,13H,3,11-12H2,1-2H3,(H,19,20). The average molecular weight is 283 g/mol. The average Bonchev–Trinajstić information content (AvgIpc) is 2.47. The second-order valence-electron chi connectivity index (χ2n) is 4.96. The molecule has 110 valence electrons. The molecular formula is C18H21NO2. The van der Waals surface area contributed by atoms with Crippen molar-refractivity contribution in [1.29, 1.82) is 0 Å². The fourth-order valence-corrected chi connectivity index (χ4v) is 2.20. The van der Waals surface area contributed by atoms with E-state index in [0.717, 1.165) is 22.6 Å². The van der Waals surface area contributed by atoms with Gasteiger partial charge in [0, 0.05) is 12.1 Å². The molecule has 0 saturated heterocycles. The van der Waals surface area contributed by atoms with Crippen LogP contribution >= 0.6 is 0 Å². The number of ether oxygens (including phenoxy) is 1. The number of rotatable bonds is 6. The fraction of sp³-hybridized carbons (Fsp3) is 0.278. The Morgan fingerprint density at radius 1 is 1.14 bits per heavy atom. The Bertz CT molecular complexity index is 608. The Morgan fingerprint density at radius 2 is 1.95 bits per heavy atom. The van der Waals surface area contributed by atoms with Crippen molar-refractivity contribution in [2.75, 3.05) is 11.9 Å². The Kier molecular flexibility index (Phi) is 5.38. The molecule has 3 nitrogen and oxygen atoms in total. The fourth-order valence-electron chi connectivity index (χ4n) is 2.20. The van der Waals surface area contributed by atoms with Gasteiger partial charge in [0.25, 0.3) is 0 Å². The number of hydrogen-bond donors (Lipinski definition) is 1. The summed E-state index contributed by atoms with van der Waals surface area (Å²) in [6.07, 6.45) is 1.12. The molecule has 0 fully saturated rings. The molecule has 2 aromatic rings. The SMILES string of the molecule is CCOc1ccccc1CCC(=O)Nc1cccc(C)c1. The molecule has 0 aliphatic rings. The summed E-state index contributed by atoms with van der Waals surface area (Å²) in [4.78, 5) is 12.0. The summed E-state index contributed by atoms with van der Waals surface area (Å²) in [5.74, 6) is 0.884. The van der Waals surface area contributed by atoms with E-state index >= 15 is 0 Å². The lowest BCUT2D eigenvalue weighted by molar-refractivity contribution is -0.116. The molecule has 0 spiro atoms. The molecule has 0 aliphatic carbocycles. The zero-order valence-electron chi connectivity index (χ0n) is 12.6. The van der Waals surface area contributed by atoms with Crippen LogP contribution in [0.1, 0.15) is 24.5 Å². The highest BCUT2D eigenvalue weighted by atomic mass is 16.5. The molecule has 1 N–H and O–H groups in total. The van der Waals surface area contributed by atoms with Gasteiger partial charge in [-0.3, -0.25) is 4.79 Å². The maximum atomic E-state index is 12.0. The number of para-hydroxylation sites is 1. The van der Waals surface area contributed by atoms with Crippen molar-refractivity contribution in [2.45, 2.75) is 26.7 Å². The Labute approximate surface area is 126 Å². The summed E-state index contributed by atoms with van der Waals surface area (Å²) >= 11 is 0. The van der Waals surface area contributed by atoms with Gasteiger partial charge in [-0.15, -0.1) is 0 Å². The zero-order valence-corrected chi connectivity index (χ0v) is 12.6. The Morgan fingerprint density at radius 3 is 2.71 bits per heavy atom. The first-order valence-electron chi connectivity index (χ1n) is 7.26. The van der Waals surface area contributed by atoms with E-state index in [2.05, 4.69) is 5.32 Å². The van der Waals surface area contributed by atoms with Crippen LogP contribution in [0.15, 0.2) is 48.5 Å². The van der Waals surface area contributed by atoms with Gasteiger partial charge in [0.2, 0.25) is 5.91 Å². The van der Waals surface area contributed by atoms with Crippen LogP contribution in [0.3, 0.4) is 0 Å². The largest absolute Gasteiger partial charge is 0.494 e. The van der Waals surface area contributed by atoms with Crippen molar-refractivity contribution in [3.63, 3.8) is 0 Å². The summed E-state index contributed by atoms with van der Waals surface area (Å²) < 4.78 is 5.57. The number of carbonyl (C=O) groups excluding carboxylic acids is 1. The third-order valence-electron chi connectivity index (χ3n) is 3.20. The number of nitrogens with one attached hydrogen (secondary N) is 1. The molecule has 2 rings (SSSR count). The van der Waals surface area contributed by atoms with Crippen LogP contribution in [0.5, 0.6) is 5.75 Å². The molecule has 1 amide bonds. The van der Waals surface area contributed by atoms with Crippen LogP contribution in [0.2, 0.25) is 0 Å². The quantitative estimate of drug-likeness (QED) is 0.871. The molecule has 0 bridgehead atoms. The van der Waals surface area contributed by atoms with Gasteiger partial charge < -0.3 is 10.1 Å². The maximum Gasteiger partial charge on any atom is 0.224 e. The van der Waals surface area contributed by atoms with Crippen molar-refractivity contribution in [1.82, 2.24) is 0 Å². The van der Waals surface area contributed by atoms with Gasteiger partial charge in [0.05, 0.1) is 6.61 Å². The second-order valence-corrected chi connectivity index (χ2v) is 4.96. The number of anilines is 1. The first-order chi connectivity index (χ1) is 10.2. The molecule has 0 atom stereocenters. The predicted molar refractivity (Wildman–Crippen MR) is 85.7 cm³/mol. The highest BCUT2D eigenvalue weighted by Crippen LogP contribution is 2.20. The van der Waals surface area contributed by atoms with Crippen molar-refractivity contribution >= 4 is 11.6 Å². The van der Waals surface area contributed by atoms with Crippen molar-refractivity contribution < 1.29 is 9.53 Å². The number of benzene rings is 2. The van der Waals surface area contributed by atoms with Crippen LogP contribution in [-0.2, 0) is 11.2 Å². The van der Waals surface area contributed by atoms with E-state index in [4.69, 9.17) is 4.74 Å². The van der Waals surface area contributed by atoms with Crippen molar-refractivity contribution in [3.8, 4) is 5.75 Å². The number of hydrogen-bond acceptors (Lipinski definition) is 2. The monoisotopic (exact) mass is 283 g/mol. The summed E-state index contributed by atoms with van der Waals surface area (Å²) in [6, 6.07) is 15.7. The molecule has 0 unspecified atom stereocenters. The molecule has 21 heavy (non-hydrogen) atoms. The summed E-state index contributed by atoms with van der Waals surface area (Å²) in [6.45, 7) is 4.60. The molecule has 0 heterocycles. The smallest absolute Gasteiger partial charge is 0.224 e. The first-order valence-corrected chi connectivity index (χ1v) is 7.26. The van der Waals surface area contributed by atoms with E-state index in [9.17, 15) is 4.79 Å². The summed E-state index contributed by atoms with van der Waals surface area (Å²) in [7, 11) is 0. The van der Waals surface area contributed by atoms with Crippen LogP contribution in [0, 0.1) is 6.92 Å². The third-order valence-corrected chi connectivity index (χ3v) is 3.20. The first kappa shape index (κ1) is 15.1. The molecule has 3 heteroatoms. The van der Waals surface area contributed by atoms with Crippen LogP contribution in [-0.4, -0.2) is 12.5 Å². The van der Waals surface area contributed by atoms with Gasteiger partial charge in [-0.05, 0) is 49.6 Å². The lowest BCUT2D eigenvalue weighted by Gasteiger charge is -2.10. The van der Waals surface area contributed by atoms with Crippen LogP contribution < -0.4 is 10.1 Å². The van der Waals surface area contributed by atoms with Gasteiger partial charge in [-0.25, -0.2) is 0 Å². The van der Waals surface area contributed by atoms with E-state index in [1.54, 1.807) is 0 Å². The number of carbonyl (C=O) groups is 1. The zero-order chi connectivity index (χ0) is 15.1. The summed E-state index contributed by atoms with van der Waals surface area (Å²) in [5.41, 5.74) is 3.05. The van der Waals surface area contributed by atoms with Crippen LogP contribution in [0.4, 0.5) is 5.69 Å². The van der Waals surface area contributed by atoms with Gasteiger partial charge in [0.1, 0.15) is 5.75 Å². The highest BCUT2D eigenvalue weighted by molar-refractivity contribution is 5.90. The van der Waals surface area contributed by atoms with Crippen molar-refractivity contribution in [3.05, 3.63) is 59.7 Å². The topological polar surface area (TPSA) is 38.3 Å². The van der Waals surface area contributed by atoms with E-state index in [1.807, 2.05) is 62.4 Å². The van der Waals surface area contributed by atoms with E-state index < -0.39 is 0 Å². The number of aryl methyl sites for hydroxylation is 2. The van der Waals surface area contributed by atoms with E-state index in [-0.39, 0.29) is 5.91 Å². The van der Waals surface area contributed by atoms with Crippen LogP contribution in [0.25, 0.3) is 0 Å². The van der Waals surface area contributed by atoms with Crippen molar-refractivity contribution in [2.24, 2.45) is 0 Å². The normalized spacial score (nSPS) is 10.2. The van der Waals surface area contributed by atoms with E-state index in [1.165, 1.54) is 0 Å². The van der Waals surface area contributed by atoms with Gasteiger partial charge in [0.15, 0.2) is 0 Å². The lowest BCUT2D eigenvalue weighted by Crippen LogP contribution is -2.12. The van der Waals surface area contributed by atoms with Gasteiger partial charge >= 0.3 is 0 Å². The minimum atomic E-state index is 0.0203. The molecule has 0 aromatic heterocycles. The lowest BCUT2D eigenvalue weighted by atomic mass is 10.1. The highest BCUT2D eigenvalue weighted by Gasteiger charge is 2.07. The van der Waals surface area contributed by atoms with Gasteiger partial charge in [-0.2, -0.15) is 0 Å². The molecule has 0 radical (unpaired) electrons. The minimum absolute atomic E-state index is 0.0203. The van der Waals surface area contributed by atoms with Gasteiger partial charge in [-0.1, -0.05) is 30.3 Å². The Hall–Kier alpha value is -2.29.